The number of rotatable bonds is 2. The summed E-state index contributed by atoms with van der Waals surface area (Å²) < 4.78 is 4.64. The van der Waals surface area contributed by atoms with Gasteiger partial charge in [0.05, 0.1) is 7.11 Å². The first kappa shape index (κ1) is 7.88. The van der Waals surface area contributed by atoms with Gasteiger partial charge in [-0.3, -0.25) is 0 Å². The maximum absolute atomic E-state index is 5.30. The smallest absolute Gasteiger partial charge is 0.183 e. The van der Waals surface area contributed by atoms with Gasteiger partial charge in [-0.05, 0) is 19.1 Å². The van der Waals surface area contributed by atoms with Crippen LogP contribution in [0.2, 0.25) is 0 Å². The number of nitrogens with two attached hydrogens (primary N) is 2. The predicted octanol–water partition coefficient (Wildman–Crippen LogP) is 0.295. The lowest BCUT2D eigenvalue weighted by Crippen LogP contribution is -1.98. The van der Waals surface area contributed by atoms with Gasteiger partial charge in [-0.2, -0.15) is 0 Å². The molecular weight excluding hydrogens is 116 g/mol. The number of methoxy groups -OCH3 is 1. The topological polar surface area (TPSA) is 61.3 Å². The van der Waals surface area contributed by atoms with E-state index in [0.717, 1.165) is 0 Å². The molecule has 9 heavy (non-hydrogen) atoms. The molecular formula is C6H12N2O. The molecule has 0 saturated heterocycles. The first-order valence-electron chi connectivity index (χ1n) is 2.60. The molecule has 0 aliphatic carbocycles. The fourth-order valence-corrected chi connectivity index (χ4v) is 0.282. The van der Waals surface area contributed by atoms with Gasteiger partial charge in [0.15, 0.2) is 5.88 Å². The van der Waals surface area contributed by atoms with Crippen LogP contribution in [0, 0.1) is 0 Å². The van der Waals surface area contributed by atoms with Gasteiger partial charge in [-0.1, -0.05) is 0 Å². The molecule has 52 valence electrons. The molecule has 0 rings (SSSR count). The van der Waals surface area contributed by atoms with E-state index in [1.807, 2.05) is 0 Å². The highest BCUT2D eigenvalue weighted by molar-refractivity contribution is 5.09. The lowest BCUT2D eigenvalue weighted by molar-refractivity contribution is 0.287. The van der Waals surface area contributed by atoms with Crippen LogP contribution in [0.4, 0.5) is 0 Å². The van der Waals surface area contributed by atoms with Crippen LogP contribution in [0.25, 0.3) is 0 Å². The van der Waals surface area contributed by atoms with Gasteiger partial charge in [0, 0.05) is 5.70 Å². The average molecular weight is 128 g/mol. The van der Waals surface area contributed by atoms with E-state index >= 15 is 0 Å². The summed E-state index contributed by atoms with van der Waals surface area (Å²) in [5.41, 5.74) is 11.3. The number of hydrogen-bond acceptors (Lipinski definition) is 3. The Morgan fingerprint density at radius 3 is 2.22 bits per heavy atom. The quantitative estimate of drug-likeness (QED) is 0.415. The molecule has 0 aromatic carbocycles. The summed E-state index contributed by atoms with van der Waals surface area (Å²) >= 11 is 0. The summed E-state index contributed by atoms with van der Waals surface area (Å²) in [6, 6.07) is 0. The first-order valence-corrected chi connectivity index (χ1v) is 2.60. The summed E-state index contributed by atoms with van der Waals surface area (Å²) in [6.07, 6.45) is 3.29. The van der Waals surface area contributed by atoms with Gasteiger partial charge in [-0.25, -0.2) is 0 Å². The largest absolute Gasteiger partial charge is 0.483 e. The zero-order valence-corrected chi connectivity index (χ0v) is 5.72. The minimum Gasteiger partial charge on any atom is -0.483 e. The maximum Gasteiger partial charge on any atom is 0.183 e. The second-order valence-electron chi connectivity index (χ2n) is 1.68. The Kier molecular flexibility index (Phi) is 3.35. The normalized spacial score (nSPS) is 13.6. The second-order valence-corrected chi connectivity index (χ2v) is 1.68. The molecule has 0 amide bonds. The molecule has 0 radical (unpaired) electrons. The zero-order valence-electron chi connectivity index (χ0n) is 5.72. The molecule has 0 unspecified atom stereocenters. The van der Waals surface area contributed by atoms with Crippen molar-refractivity contribution in [2.45, 2.75) is 6.92 Å². The molecule has 0 aromatic heterocycles. The summed E-state index contributed by atoms with van der Waals surface area (Å²) in [7, 11) is 1.51. The Balaban J connectivity index is 3.83. The molecule has 3 nitrogen and oxygen atoms in total. The van der Waals surface area contributed by atoms with Crippen LogP contribution in [0.15, 0.2) is 23.7 Å². The van der Waals surface area contributed by atoms with E-state index in [1.54, 1.807) is 19.1 Å². The van der Waals surface area contributed by atoms with Crippen molar-refractivity contribution < 1.29 is 4.74 Å². The highest BCUT2D eigenvalue weighted by atomic mass is 16.5. The summed E-state index contributed by atoms with van der Waals surface area (Å²) in [5, 5.41) is 0. The van der Waals surface area contributed by atoms with E-state index in [9.17, 15) is 0 Å². The molecule has 3 heteroatoms. The minimum atomic E-state index is 0.361. The predicted molar refractivity (Wildman–Crippen MR) is 37.2 cm³/mol. The van der Waals surface area contributed by atoms with Crippen LogP contribution in [-0.2, 0) is 4.74 Å². The number of allylic oxidation sites excluding steroid dienone is 3. The van der Waals surface area contributed by atoms with Crippen molar-refractivity contribution in [2.24, 2.45) is 11.5 Å². The lowest BCUT2D eigenvalue weighted by atomic mass is 10.4. The Labute approximate surface area is 55.0 Å². The molecule has 0 fully saturated rings. The van der Waals surface area contributed by atoms with Crippen molar-refractivity contribution >= 4 is 0 Å². The fourth-order valence-electron chi connectivity index (χ4n) is 0.282. The molecule has 0 aromatic rings. The monoisotopic (exact) mass is 128 g/mol. The summed E-state index contributed by atoms with van der Waals surface area (Å²) in [6.45, 7) is 1.78. The highest BCUT2D eigenvalue weighted by Gasteiger charge is 1.79. The highest BCUT2D eigenvalue weighted by Crippen LogP contribution is 1.86. The average Bonchev–Trinajstić information content (AvgIpc) is 1.83. The fraction of sp³-hybridized carbons (Fsp3) is 0.333. The van der Waals surface area contributed by atoms with Crippen LogP contribution in [0.5, 0.6) is 0 Å². The van der Waals surface area contributed by atoms with Crippen molar-refractivity contribution in [1.29, 1.82) is 0 Å². The Morgan fingerprint density at radius 1 is 1.33 bits per heavy atom. The van der Waals surface area contributed by atoms with Crippen molar-refractivity contribution in [1.82, 2.24) is 0 Å². The SMILES string of the molecule is CO/C(N)=C/C=C(/C)N. The molecule has 0 bridgehead atoms. The van der Waals surface area contributed by atoms with E-state index in [2.05, 4.69) is 4.74 Å². The van der Waals surface area contributed by atoms with Crippen LogP contribution in [-0.4, -0.2) is 7.11 Å². The number of ether oxygens (including phenoxy) is 1. The zero-order chi connectivity index (χ0) is 7.28. The van der Waals surface area contributed by atoms with E-state index in [-0.39, 0.29) is 0 Å². The van der Waals surface area contributed by atoms with E-state index < -0.39 is 0 Å². The van der Waals surface area contributed by atoms with Gasteiger partial charge >= 0.3 is 0 Å². The second kappa shape index (κ2) is 3.83. The molecule has 0 spiro atoms. The summed E-state index contributed by atoms with van der Waals surface area (Å²) in [5.74, 6) is 0.361. The molecule has 4 N–H and O–H groups in total. The van der Waals surface area contributed by atoms with Crippen molar-refractivity contribution in [2.75, 3.05) is 7.11 Å². The molecule has 0 aliphatic heterocycles. The maximum atomic E-state index is 5.30. The third-order valence-electron chi connectivity index (χ3n) is 0.746. The lowest BCUT2D eigenvalue weighted by Gasteiger charge is -1.94. The van der Waals surface area contributed by atoms with Crippen molar-refractivity contribution in [3.05, 3.63) is 23.7 Å². The minimum absolute atomic E-state index is 0.361. The van der Waals surface area contributed by atoms with Crippen LogP contribution in [0.1, 0.15) is 6.92 Å². The van der Waals surface area contributed by atoms with Crippen LogP contribution < -0.4 is 11.5 Å². The van der Waals surface area contributed by atoms with Crippen molar-refractivity contribution in [3.8, 4) is 0 Å². The van der Waals surface area contributed by atoms with Gasteiger partial charge in [0.1, 0.15) is 0 Å². The third-order valence-corrected chi connectivity index (χ3v) is 0.746. The van der Waals surface area contributed by atoms with Gasteiger partial charge < -0.3 is 16.2 Å². The van der Waals surface area contributed by atoms with Gasteiger partial charge in [0.25, 0.3) is 0 Å². The Morgan fingerprint density at radius 2 is 1.89 bits per heavy atom. The van der Waals surface area contributed by atoms with Crippen molar-refractivity contribution in [3.63, 3.8) is 0 Å². The Bertz CT molecular complexity index is 134. The molecule has 0 heterocycles. The van der Waals surface area contributed by atoms with E-state index in [0.29, 0.717) is 11.6 Å². The first-order chi connectivity index (χ1) is 4.16. The molecule has 0 atom stereocenters. The van der Waals surface area contributed by atoms with E-state index in [1.165, 1.54) is 7.11 Å². The standard InChI is InChI=1S/C6H12N2O/c1-5(7)3-4-6(8)9-2/h3-4H,7-8H2,1-2H3/b5-3-,6-4+. The van der Waals surface area contributed by atoms with E-state index in [4.69, 9.17) is 11.5 Å². The summed E-state index contributed by atoms with van der Waals surface area (Å²) in [4.78, 5) is 0. The Hall–Kier alpha value is -1.12. The van der Waals surface area contributed by atoms with Crippen LogP contribution >= 0.6 is 0 Å². The van der Waals surface area contributed by atoms with Crippen LogP contribution in [0.3, 0.4) is 0 Å². The number of hydrogen-bond donors (Lipinski definition) is 2. The van der Waals surface area contributed by atoms with Gasteiger partial charge in [-0.15, -0.1) is 0 Å². The van der Waals surface area contributed by atoms with Gasteiger partial charge in [0.2, 0.25) is 0 Å². The third kappa shape index (κ3) is 4.74. The molecule has 0 saturated carbocycles. The molecule has 0 aliphatic rings.